The number of fused-ring (bicyclic) bond motifs is 6. The average Bonchev–Trinajstić information content (AvgIpc) is 2.86. The van der Waals surface area contributed by atoms with Gasteiger partial charge in [0.15, 0.2) is 6.54 Å². The molecule has 158 valence electrons. The molecule has 0 saturated heterocycles. The molecule has 0 atom stereocenters. The lowest BCUT2D eigenvalue weighted by atomic mass is 9.77. The lowest BCUT2D eigenvalue weighted by molar-refractivity contribution is -0.676. The largest absolute Gasteiger partial charge is 0.396 e. The third-order valence-corrected chi connectivity index (χ3v) is 7.15. The molecule has 3 aromatic carbocycles. The van der Waals surface area contributed by atoms with Gasteiger partial charge in [-0.1, -0.05) is 66.7 Å². The van der Waals surface area contributed by atoms with Crippen molar-refractivity contribution in [2.75, 3.05) is 6.61 Å². The molecule has 0 radical (unpaired) electrons. The standard InChI is InChI=1S/C30H28NO/c32-20-8-19-31-29-24-13-6-4-9-21(24)15-17-26(29)28(23-11-2-1-3-12-23)27-18-16-22-10-5-7-14-25(22)30(27)31/h1-7,9-14,32H,8,15-20H2/q+1. The van der Waals surface area contributed by atoms with E-state index in [9.17, 15) is 5.11 Å². The molecule has 0 bridgehead atoms. The van der Waals surface area contributed by atoms with E-state index < -0.39 is 0 Å². The van der Waals surface area contributed by atoms with Crippen molar-refractivity contribution in [3.8, 4) is 33.6 Å². The van der Waals surface area contributed by atoms with Crippen molar-refractivity contribution in [1.29, 1.82) is 0 Å². The van der Waals surface area contributed by atoms with Crippen LogP contribution in [0.5, 0.6) is 0 Å². The van der Waals surface area contributed by atoms with Crippen molar-refractivity contribution in [2.24, 2.45) is 0 Å². The second kappa shape index (κ2) is 8.03. The number of aliphatic hydroxyl groups is 1. The van der Waals surface area contributed by atoms with Gasteiger partial charge in [0, 0.05) is 40.8 Å². The maximum Gasteiger partial charge on any atom is 0.217 e. The van der Waals surface area contributed by atoms with Crippen molar-refractivity contribution in [3.63, 3.8) is 0 Å². The third-order valence-electron chi connectivity index (χ3n) is 7.15. The first-order valence-electron chi connectivity index (χ1n) is 11.8. The zero-order valence-corrected chi connectivity index (χ0v) is 18.3. The zero-order valence-electron chi connectivity index (χ0n) is 18.3. The number of aryl methyl sites for hydroxylation is 2. The lowest BCUT2D eigenvalue weighted by Crippen LogP contribution is -2.43. The molecule has 4 aromatic rings. The molecule has 1 heterocycles. The van der Waals surface area contributed by atoms with E-state index in [0.29, 0.717) is 0 Å². The molecular formula is C30H28NO+. The van der Waals surface area contributed by atoms with Gasteiger partial charge in [0.1, 0.15) is 0 Å². The summed E-state index contributed by atoms with van der Waals surface area (Å²) >= 11 is 0. The second-order valence-electron chi connectivity index (χ2n) is 8.94. The predicted octanol–water partition coefficient (Wildman–Crippen LogP) is 5.55. The smallest absolute Gasteiger partial charge is 0.217 e. The van der Waals surface area contributed by atoms with Crippen molar-refractivity contribution < 1.29 is 9.67 Å². The second-order valence-corrected chi connectivity index (χ2v) is 8.94. The molecule has 0 aliphatic heterocycles. The summed E-state index contributed by atoms with van der Waals surface area (Å²) in [5.74, 6) is 0. The highest BCUT2D eigenvalue weighted by molar-refractivity contribution is 5.85. The summed E-state index contributed by atoms with van der Waals surface area (Å²) in [6.07, 6.45) is 5.05. The SMILES string of the molecule is OCCC[n+]1c2c(c(-c3ccccc3)c3c1-c1ccccc1CC3)CCc1ccccc1-2. The molecule has 1 aromatic heterocycles. The Kier molecular flexibility index (Phi) is 4.88. The molecule has 0 fully saturated rings. The van der Waals surface area contributed by atoms with Gasteiger partial charge in [-0.05, 0) is 54.5 Å². The van der Waals surface area contributed by atoms with E-state index in [0.717, 1.165) is 38.6 Å². The summed E-state index contributed by atoms with van der Waals surface area (Å²) in [4.78, 5) is 0. The van der Waals surface area contributed by atoms with Crippen LogP contribution in [0.4, 0.5) is 0 Å². The van der Waals surface area contributed by atoms with Crippen molar-refractivity contribution in [2.45, 2.75) is 38.6 Å². The summed E-state index contributed by atoms with van der Waals surface area (Å²) < 4.78 is 2.54. The first kappa shape index (κ1) is 19.5. The molecule has 6 rings (SSSR count). The molecule has 0 saturated carbocycles. The summed E-state index contributed by atoms with van der Waals surface area (Å²) in [5.41, 5.74) is 14.0. The van der Waals surface area contributed by atoms with Crippen LogP contribution in [0.3, 0.4) is 0 Å². The van der Waals surface area contributed by atoms with Crippen LogP contribution < -0.4 is 4.57 Å². The van der Waals surface area contributed by atoms with Gasteiger partial charge in [-0.25, -0.2) is 0 Å². The van der Waals surface area contributed by atoms with Crippen LogP contribution in [0.25, 0.3) is 33.6 Å². The minimum atomic E-state index is 0.209. The average molecular weight is 419 g/mol. The molecule has 2 nitrogen and oxygen atoms in total. The van der Waals surface area contributed by atoms with Gasteiger partial charge in [0.2, 0.25) is 11.4 Å². The molecule has 0 spiro atoms. The van der Waals surface area contributed by atoms with Gasteiger partial charge < -0.3 is 5.11 Å². The molecule has 1 N–H and O–H groups in total. The van der Waals surface area contributed by atoms with Crippen LogP contribution in [0, 0.1) is 0 Å². The van der Waals surface area contributed by atoms with Gasteiger partial charge >= 0.3 is 0 Å². The van der Waals surface area contributed by atoms with Gasteiger partial charge in [0.05, 0.1) is 0 Å². The Morgan fingerprint density at radius 2 is 1.16 bits per heavy atom. The van der Waals surface area contributed by atoms with Crippen LogP contribution in [-0.4, -0.2) is 11.7 Å². The Bertz CT molecular complexity index is 1230. The number of hydrogen-bond acceptors (Lipinski definition) is 1. The molecule has 2 aliphatic rings. The minimum absolute atomic E-state index is 0.209. The third kappa shape index (κ3) is 3.02. The predicted molar refractivity (Wildman–Crippen MR) is 129 cm³/mol. The van der Waals surface area contributed by atoms with Crippen LogP contribution >= 0.6 is 0 Å². The number of aromatic nitrogens is 1. The topological polar surface area (TPSA) is 24.1 Å². The van der Waals surface area contributed by atoms with Gasteiger partial charge in [-0.15, -0.1) is 0 Å². The highest BCUT2D eigenvalue weighted by atomic mass is 16.3. The molecule has 0 amide bonds. The van der Waals surface area contributed by atoms with Crippen LogP contribution in [0.15, 0.2) is 78.9 Å². The highest BCUT2D eigenvalue weighted by Crippen LogP contribution is 2.44. The van der Waals surface area contributed by atoms with Crippen molar-refractivity contribution in [1.82, 2.24) is 0 Å². The maximum absolute atomic E-state index is 9.75. The minimum Gasteiger partial charge on any atom is -0.396 e. The fourth-order valence-electron chi connectivity index (χ4n) is 5.82. The number of pyridine rings is 1. The van der Waals surface area contributed by atoms with E-state index in [1.807, 2.05) is 0 Å². The summed E-state index contributed by atoms with van der Waals surface area (Å²) in [5, 5.41) is 9.75. The Balaban J connectivity index is 1.76. The van der Waals surface area contributed by atoms with E-state index in [1.54, 1.807) is 0 Å². The highest BCUT2D eigenvalue weighted by Gasteiger charge is 2.37. The van der Waals surface area contributed by atoms with Crippen LogP contribution in [0.2, 0.25) is 0 Å². The summed E-state index contributed by atoms with van der Waals surface area (Å²) in [6.45, 7) is 1.04. The van der Waals surface area contributed by atoms with E-state index >= 15 is 0 Å². The number of hydrogen-bond donors (Lipinski definition) is 1. The fraction of sp³-hybridized carbons (Fsp3) is 0.233. The summed E-state index contributed by atoms with van der Waals surface area (Å²) in [6, 6.07) is 28.8. The van der Waals surface area contributed by atoms with Crippen molar-refractivity contribution >= 4 is 0 Å². The number of aliphatic hydroxyl groups excluding tert-OH is 1. The van der Waals surface area contributed by atoms with Crippen LogP contribution in [-0.2, 0) is 32.2 Å². The first-order chi connectivity index (χ1) is 15.9. The molecule has 2 heteroatoms. The Labute approximate surface area is 189 Å². The van der Waals surface area contributed by atoms with E-state index in [1.165, 1.54) is 55.9 Å². The van der Waals surface area contributed by atoms with Gasteiger partial charge in [-0.3, -0.25) is 0 Å². The summed E-state index contributed by atoms with van der Waals surface area (Å²) in [7, 11) is 0. The van der Waals surface area contributed by atoms with Gasteiger partial charge in [0.25, 0.3) is 0 Å². The Morgan fingerprint density at radius 3 is 1.72 bits per heavy atom. The Hall–Kier alpha value is -3.23. The number of benzene rings is 3. The first-order valence-corrected chi connectivity index (χ1v) is 11.8. The van der Waals surface area contributed by atoms with Crippen molar-refractivity contribution in [3.05, 3.63) is 101 Å². The molecule has 0 unspecified atom stereocenters. The molecule has 32 heavy (non-hydrogen) atoms. The van der Waals surface area contributed by atoms with E-state index in [-0.39, 0.29) is 6.61 Å². The normalized spacial score (nSPS) is 13.7. The fourth-order valence-corrected chi connectivity index (χ4v) is 5.82. The van der Waals surface area contributed by atoms with E-state index in [4.69, 9.17) is 0 Å². The Morgan fingerprint density at radius 1 is 0.625 bits per heavy atom. The lowest BCUT2D eigenvalue weighted by Gasteiger charge is -2.28. The molecular weight excluding hydrogens is 390 g/mol. The van der Waals surface area contributed by atoms with E-state index in [2.05, 4.69) is 83.4 Å². The number of rotatable bonds is 4. The number of nitrogens with zero attached hydrogens (tertiary/aromatic N) is 1. The molecule has 2 aliphatic carbocycles. The maximum atomic E-state index is 9.75. The monoisotopic (exact) mass is 418 g/mol. The van der Waals surface area contributed by atoms with Crippen LogP contribution in [0.1, 0.15) is 28.7 Å². The quantitative estimate of drug-likeness (QED) is 0.432. The van der Waals surface area contributed by atoms with Gasteiger partial charge in [-0.2, -0.15) is 4.57 Å². The zero-order chi connectivity index (χ0) is 21.5.